The normalized spacial score (nSPS) is 12.0. The van der Waals surface area contributed by atoms with E-state index in [9.17, 15) is 26.8 Å². The maximum Gasteiger partial charge on any atom is 0.341 e. The van der Waals surface area contributed by atoms with Crippen LogP contribution in [0.1, 0.15) is 17.3 Å². The molecule has 0 fully saturated rings. The summed E-state index contributed by atoms with van der Waals surface area (Å²) in [5, 5.41) is 2.58. The Hall–Kier alpha value is -3.79. The van der Waals surface area contributed by atoms with Gasteiger partial charge in [-0.25, -0.2) is 22.0 Å². The number of hydrogen-bond donors (Lipinski definition) is 2. The van der Waals surface area contributed by atoms with E-state index in [1.54, 1.807) is 30.3 Å². The van der Waals surface area contributed by atoms with Crippen molar-refractivity contribution in [3.63, 3.8) is 0 Å². The average molecular weight is 460 g/mol. The molecule has 0 bridgehead atoms. The van der Waals surface area contributed by atoms with Gasteiger partial charge in [-0.3, -0.25) is 9.52 Å². The van der Waals surface area contributed by atoms with Gasteiger partial charge >= 0.3 is 5.97 Å². The summed E-state index contributed by atoms with van der Waals surface area (Å²) in [6.07, 6.45) is -1.20. The molecule has 0 aromatic heterocycles. The molecule has 0 saturated carbocycles. The second kappa shape index (κ2) is 9.56. The SMILES string of the molecule is C[C@@H](OC(=O)c1ccccc1NS(=O)(=O)c1cc(F)ccc1F)C(=O)Nc1ccccc1. The monoisotopic (exact) mass is 460 g/mol. The van der Waals surface area contributed by atoms with Crippen LogP contribution in [0, 0.1) is 11.6 Å². The van der Waals surface area contributed by atoms with Crippen LogP contribution in [-0.2, 0) is 19.6 Å². The van der Waals surface area contributed by atoms with Crippen LogP contribution in [0.2, 0.25) is 0 Å². The van der Waals surface area contributed by atoms with Gasteiger partial charge in [-0.1, -0.05) is 30.3 Å². The van der Waals surface area contributed by atoms with Gasteiger partial charge in [0.2, 0.25) is 0 Å². The van der Waals surface area contributed by atoms with Crippen molar-refractivity contribution in [1.29, 1.82) is 0 Å². The number of para-hydroxylation sites is 2. The molecule has 2 N–H and O–H groups in total. The lowest BCUT2D eigenvalue weighted by atomic mass is 10.2. The van der Waals surface area contributed by atoms with Gasteiger partial charge in [0, 0.05) is 5.69 Å². The first kappa shape index (κ1) is 22.9. The largest absolute Gasteiger partial charge is 0.449 e. The fraction of sp³-hybridized carbons (Fsp3) is 0.0909. The van der Waals surface area contributed by atoms with Crippen molar-refractivity contribution in [2.75, 3.05) is 10.0 Å². The number of carbonyl (C=O) groups is 2. The number of ether oxygens (including phenoxy) is 1. The van der Waals surface area contributed by atoms with Gasteiger partial charge in [0.15, 0.2) is 6.10 Å². The van der Waals surface area contributed by atoms with E-state index in [-0.39, 0.29) is 11.3 Å². The Morgan fingerprint density at radius 3 is 2.31 bits per heavy atom. The lowest BCUT2D eigenvalue weighted by Crippen LogP contribution is -2.30. The predicted octanol–water partition coefficient (Wildman–Crippen LogP) is 3.95. The Balaban J connectivity index is 1.77. The molecule has 166 valence electrons. The van der Waals surface area contributed by atoms with E-state index in [2.05, 4.69) is 10.0 Å². The molecular formula is C22H18F2N2O5S. The van der Waals surface area contributed by atoms with E-state index < -0.39 is 44.5 Å². The minimum Gasteiger partial charge on any atom is -0.449 e. The third-order valence-electron chi connectivity index (χ3n) is 4.27. The minimum absolute atomic E-state index is 0.216. The molecule has 1 atom stereocenters. The predicted molar refractivity (Wildman–Crippen MR) is 114 cm³/mol. The Bertz CT molecular complexity index is 1250. The smallest absolute Gasteiger partial charge is 0.341 e. The van der Waals surface area contributed by atoms with Gasteiger partial charge < -0.3 is 10.1 Å². The number of esters is 1. The molecule has 10 heteroatoms. The first-order chi connectivity index (χ1) is 15.2. The third-order valence-corrected chi connectivity index (χ3v) is 5.65. The lowest BCUT2D eigenvalue weighted by molar-refractivity contribution is -0.123. The molecule has 3 rings (SSSR count). The third kappa shape index (κ3) is 5.46. The molecular weight excluding hydrogens is 442 g/mol. The molecule has 0 unspecified atom stereocenters. The maximum atomic E-state index is 13.9. The second-order valence-electron chi connectivity index (χ2n) is 6.63. The molecule has 0 aliphatic carbocycles. The molecule has 0 aliphatic heterocycles. The fourth-order valence-electron chi connectivity index (χ4n) is 2.68. The van der Waals surface area contributed by atoms with E-state index in [0.717, 1.165) is 6.07 Å². The van der Waals surface area contributed by atoms with Crippen LogP contribution in [0.5, 0.6) is 0 Å². The highest BCUT2D eigenvalue weighted by atomic mass is 32.2. The number of halogens is 2. The fourth-order valence-corrected chi connectivity index (χ4v) is 3.85. The van der Waals surface area contributed by atoms with Crippen LogP contribution in [0.4, 0.5) is 20.2 Å². The van der Waals surface area contributed by atoms with Crippen molar-refractivity contribution >= 4 is 33.3 Å². The maximum absolute atomic E-state index is 13.9. The molecule has 0 saturated heterocycles. The van der Waals surface area contributed by atoms with Crippen LogP contribution in [0.25, 0.3) is 0 Å². The van der Waals surface area contributed by atoms with Crippen LogP contribution >= 0.6 is 0 Å². The number of carbonyl (C=O) groups excluding carboxylic acids is 2. The summed E-state index contributed by atoms with van der Waals surface area (Å²) in [6, 6.07) is 15.9. The van der Waals surface area contributed by atoms with Crippen LogP contribution < -0.4 is 10.0 Å². The van der Waals surface area contributed by atoms with Crippen molar-refractivity contribution in [3.05, 3.63) is 90.0 Å². The zero-order valence-electron chi connectivity index (χ0n) is 16.7. The van der Waals surface area contributed by atoms with Crippen molar-refractivity contribution in [2.45, 2.75) is 17.9 Å². The molecule has 32 heavy (non-hydrogen) atoms. The van der Waals surface area contributed by atoms with E-state index >= 15 is 0 Å². The zero-order valence-corrected chi connectivity index (χ0v) is 17.5. The number of anilines is 2. The summed E-state index contributed by atoms with van der Waals surface area (Å²) in [4.78, 5) is 24.0. The molecule has 1 amide bonds. The zero-order chi connectivity index (χ0) is 23.3. The molecule has 7 nitrogen and oxygen atoms in total. The van der Waals surface area contributed by atoms with Gasteiger partial charge in [0.1, 0.15) is 16.5 Å². The van der Waals surface area contributed by atoms with Crippen molar-refractivity contribution in [3.8, 4) is 0 Å². The van der Waals surface area contributed by atoms with Gasteiger partial charge in [0.05, 0.1) is 11.3 Å². The molecule has 0 radical (unpaired) electrons. The number of benzene rings is 3. The quantitative estimate of drug-likeness (QED) is 0.520. The van der Waals surface area contributed by atoms with E-state index in [1.807, 2.05) is 0 Å². The van der Waals surface area contributed by atoms with Crippen molar-refractivity contribution in [1.82, 2.24) is 0 Å². The summed E-state index contributed by atoms with van der Waals surface area (Å²) >= 11 is 0. The summed E-state index contributed by atoms with van der Waals surface area (Å²) in [5.74, 6) is -3.69. The Morgan fingerprint density at radius 1 is 0.938 bits per heavy atom. The summed E-state index contributed by atoms with van der Waals surface area (Å²) in [7, 11) is -4.56. The summed E-state index contributed by atoms with van der Waals surface area (Å²) in [6.45, 7) is 1.35. The van der Waals surface area contributed by atoms with Gasteiger partial charge in [-0.05, 0) is 49.4 Å². The second-order valence-corrected chi connectivity index (χ2v) is 8.28. The summed E-state index contributed by atoms with van der Waals surface area (Å²) < 4.78 is 59.7. The van der Waals surface area contributed by atoms with E-state index in [4.69, 9.17) is 4.74 Å². The highest BCUT2D eigenvalue weighted by molar-refractivity contribution is 7.92. The van der Waals surface area contributed by atoms with Crippen LogP contribution in [0.15, 0.2) is 77.7 Å². The lowest BCUT2D eigenvalue weighted by Gasteiger charge is -2.16. The molecule has 0 heterocycles. The Kier molecular flexibility index (Phi) is 6.84. The van der Waals surface area contributed by atoms with Gasteiger partial charge in [-0.15, -0.1) is 0 Å². The number of nitrogens with one attached hydrogen (secondary N) is 2. The number of amides is 1. The molecule has 3 aromatic carbocycles. The number of sulfonamides is 1. The van der Waals surface area contributed by atoms with Crippen LogP contribution in [-0.4, -0.2) is 26.4 Å². The topological polar surface area (TPSA) is 102 Å². The number of hydrogen-bond acceptors (Lipinski definition) is 5. The number of rotatable bonds is 7. The van der Waals surface area contributed by atoms with Crippen LogP contribution in [0.3, 0.4) is 0 Å². The molecule has 3 aromatic rings. The van der Waals surface area contributed by atoms with Gasteiger partial charge in [0.25, 0.3) is 15.9 Å². The van der Waals surface area contributed by atoms with Crippen molar-refractivity contribution in [2.24, 2.45) is 0 Å². The first-order valence-corrected chi connectivity index (χ1v) is 10.8. The highest BCUT2D eigenvalue weighted by Gasteiger charge is 2.25. The average Bonchev–Trinajstić information content (AvgIpc) is 2.76. The Morgan fingerprint density at radius 2 is 1.59 bits per heavy atom. The van der Waals surface area contributed by atoms with E-state index in [0.29, 0.717) is 17.8 Å². The van der Waals surface area contributed by atoms with Gasteiger partial charge in [-0.2, -0.15) is 0 Å². The molecule has 0 spiro atoms. The highest BCUT2D eigenvalue weighted by Crippen LogP contribution is 2.23. The summed E-state index contributed by atoms with van der Waals surface area (Å²) in [5.41, 5.74) is 0.0646. The Labute approximate surface area is 183 Å². The van der Waals surface area contributed by atoms with E-state index in [1.165, 1.54) is 31.2 Å². The molecule has 0 aliphatic rings. The minimum atomic E-state index is -4.56. The van der Waals surface area contributed by atoms with Crippen molar-refractivity contribution < 1.29 is 31.5 Å². The first-order valence-electron chi connectivity index (χ1n) is 9.31. The standard InChI is InChI=1S/C22H18F2N2O5S/c1-14(21(27)25-16-7-3-2-4-8-16)31-22(28)17-9-5-6-10-19(17)26-32(29,30)20-13-15(23)11-12-18(20)24/h2-14,26H,1H3,(H,25,27)/t14-/m1/s1.